The summed E-state index contributed by atoms with van der Waals surface area (Å²) in [5.41, 5.74) is 1.80. The monoisotopic (exact) mass is 264 g/mol. The number of hydrogen-bond acceptors (Lipinski definition) is 2. The number of rotatable bonds is 2. The Morgan fingerprint density at radius 1 is 1.37 bits per heavy atom. The Morgan fingerprint density at radius 2 is 2.05 bits per heavy atom. The van der Waals surface area contributed by atoms with E-state index < -0.39 is 0 Å². The highest BCUT2D eigenvalue weighted by atomic mass is 19.1. The van der Waals surface area contributed by atoms with Crippen LogP contribution in [-0.2, 0) is 0 Å². The lowest BCUT2D eigenvalue weighted by Gasteiger charge is -2.48. The number of benzene rings is 1. The molecule has 3 heteroatoms. The number of anilines is 1. The normalized spacial score (nSPS) is 22.9. The minimum absolute atomic E-state index is 0.0140. The van der Waals surface area contributed by atoms with Crippen molar-refractivity contribution in [3.63, 3.8) is 0 Å². The lowest BCUT2D eigenvalue weighted by molar-refractivity contribution is 0.275. The van der Waals surface area contributed by atoms with Crippen LogP contribution in [-0.4, -0.2) is 24.7 Å². The first kappa shape index (κ1) is 14.3. The fourth-order valence-corrected chi connectivity index (χ4v) is 2.92. The van der Waals surface area contributed by atoms with E-state index in [9.17, 15) is 4.39 Å². The van der Waals surface area contributed by atoms with Crippen molar-refractivity contribution in [3.05, 3.63) is 29.6 Å². The van der Waals surface area contributed by atoms with Gasteiger partial charge in [-0.1, -0.05) is 26.0 Å². The second-order valence-electron chi connectivity index (χ2n) is 6.61. The third kappa shape index (κ3) is 2.92. The summed E-state index contributed by atoms with van der Waals surface area (Å²) in [7, 11) is 0. The van der Waals surface area contributed by atoms with Gasteiger partial charge < -0.3 is 10.2 Å². The van der Waals surface area contributed by atoms with Gasteiger partial charge in [0.25, 0.3) is 0 Å². The van der Waals surface area contributed by atoms with Gasteiger partial charge in [-0.05, 0) is 38.3 Å². The van der Waals surface area contributed by atoms with Crippen molar-refractivity contribution in [2.24, 2.45) is 5.92 Å². The first-order valence-electron chi connectivity index (χ1n) is 7.08. The van der Waals surface area contributed by atoms with Gasteiger partial charge in [0, 0.05) is 24.7 Å². The van der Waals surface area contributed by atoms with Gasteiger partial charge in [-0.3, -0.25) is 0 Å². The Labute approximate surface area is 116 Å². The number of halogens is 1. The number of nitrogens with zero attached hydrogens (tertiary/aromatic N) is 1. The quantitative estimate of drug-likeness (QED) is 0.881. The predicted molar refractivity (Wildman–Crippen MR) is 79.2 cm³/mol. The van der Waals surface area contributed by atoms with E-state index in [-0.39, 0.29) is 11.4 Å². The molecule has 19 heavy (non-hydrogen) atoms. The van der Waals surface area contributed by atoms with Crippen LogP contribution in [0.2, 0.25) is 0 Å². The van der Waals surface area contributed by atoms with Crippen LogP contribution in [0.25, 0.3) is 0 Å². The minimum Gasteiger partial charge on any atom is -0.363 e. The molecule has 1 N–H and O–H groups in total. The highest BCUT2D eigenvalue weighted by Crippen LogP contribution is 2.31. The number of aryl methyl sites for hydroxylation is 1. The smallest absolute Gasteiger partial charge is 0.146 e. The summed E-state index contributed by atoms with van der Waals surface area (Å²) >= 11 is 0. The Hall–Kier alpha value is -1.09. The standard InChI is InChI=1S/C16H25FN2/c1-11(2)14-9-18-16(4,5)10-19(14)15-12(3)7-6-8-13(15)17/h6-8,11,14,18H,9-10H2,1-5H3. The van der Waals surface area contributed by atoms with Gasteiger partial charge in [-0.25, -0.2) is 4.39 Å². The van der Waals surface area contributed by atoms with E-state index in [0.717, 1.165) is 24.3 Å². The van der Waals surface area contributed by atoms with Crippen LogP contribution in [0.5, 0.6) is 0 Å². The molecule has 1 heterocycles. The Kier molecular flexibility index (Phi) is 3.86. The van der Waals surface area contributed by atoms with Crippen molar-refractivity contribution in [3.8, 4) is 0 Å². The molecule has 1 saturated heterocycles. The summed E-state index contributed by atoms with van der Waals surface area (Å²) < 4.78 is 14.3. The molecule has 0 bridgehead atoms. The molecule has 1 aliphatic heterocycles. The number of hydrogen-bond donors (Lipinski definition) is 1. The van der Waals surface area contributed by atoms with Crippen molar-refractivity contribution >= 4 is 5.69 Å². The van der Waals surface area contributed by atoms with Gasteiger partial charge in [0.05, 0.1) is 5.69 Å². The topological polar surface area (TPSA) is 15.3 Å². The van der Waals surface area contributed by atoms with Crippen LogP contribution in [0.1, 0.15) is 33.3 Å². The van der Waals surface area contributed by atoms with Crippen molar-refractivity contribution in [2.45, 2.75) is 46.2 Å². The average molecular weight is 264 g/mol. The molecule has 1 aliphatic rings. The maximum Gasteiger partial charge on any atom is 0.146 e. The molecule has 1 aromatic rings. The highest BCUT2D eigenvalue weighted by molar-refractivity contribution is 5.56. The highest BCUT2D eigenvalue weighted by Gasteiger charge is 2.35. The maximum absolute atomic E-state index is 14.3. The van der Waals surface area contributed by atoms with Crippen LogP contribution < -0.4 is 10.2 Å². The third-order valence-electron chi connectivity index (χ3n) is 4.00. The Morgan fingerprint density at radius 3 is 2.63 bits per heavy atom. The molecule has 1 unspecified atom stereocenters. The summed E-state index contributed by atoms with van der Waals surface area (Å²) in [6.45, 7) is 12.5. The van der Waals surface area contributed by atoms with E-state index in [1.54, 1.807) is 12.1 Å². The van der Waals surface area contributed by atoms with E-state index in [2.05, 4.69) is 37.9 Å². The Bertz CT molecular complexity index is 434. The third-order valence-corrected chi connectivity index (χ3v) is 4.00. The molecule has 2 nitrogen and oxygen atoms in total. The molecule has 0 saturated carbocycles. The molecule has 1 atom stereocenters. The van der Waals surface area contributed by atoms with Crippen LogP contribution in [0.4, 0.5) is 10.1 Å². The van der Waals surface area contributed by atoms with Gasteiger partial charge >= 0.3 is 0 Å². The maximum atomic E-state index is 14.3. The van der Waals surface area contributed by atoms with Gasteiger partial charge in [-0.2, -0.15) is 0 Å². The summed E-state index contributed by atoms with van der Waals surface area (Å²) in [5, 5.41) is 3.56. The van der Waals surface area contributed by atoms with Crippen molar-refractivity contribution in [1.82, 2.24) is 5.32 Å². The Balaban J connectivity index is 2.42. The summed E-state index contributed by atoms with van der Waals surface area (Å²) in [5.74, 6) is 0.381. The van der Waals surface area contributed by atoms with Crippen molar-refractivity contribution in [1.29, 1.82) is 0 Å². The largest absolute Gasteiger partial charge is 0.363 e. The van der Waals surface area contributed by atoms with Gasteiger partial charge in [-0.15, -0.1) is 0 Å². The summed E-state index contributed by atoms with van der Waals surface area (Å²) in [6.07, 6.45) is 0. The summed E-state index contributed by atoms with van der Waals surface area (Å²) in [6, 6.07) is 5.68. The van der Waals surface area contributed by atoms with E-state index in [0.29, 0.717) is 12.0 Å². The number of nitrogens with one attached hydrogen (secondary N) is 1. The fourth-order valence-electron chi connectivity index (χ4n) is 2.92. The molecule has 1 fully saturated rings. The first-order chi connectivity index (χ1) is 8.82. The van der Waals surface area contributed by atoms with Gasteiger partial charge in [0.2, 0.25) is 0 Å². The molecule has 0 aliphatic carbocycles. The minimum atomic E-state index is -0.108. The SMILES string of the molecule is Cc1cccc(F)c1N1CC(C)(C)NCC1C(C)C. The lowest BCUT2D eigenvalue weighted by atomic mass is 9.92. The average Bonchev–Trinajstić information content (AvgIpc) is 2.27. The summed E-state index contributed by atoms with van der Waals surface area (Å²) in [4.78, 5) is 2.26. The number of piperazine rings is 1. The van der Waals surface area contributed by atoms with Crippen LogP contribution in [0, 0.1) is 18.7 Å². The molecule has 0 spiro atoms. The van der Waals surface area contributed by atoms with Crippen molar-refractivity contribution in [2.75, 3.05) is 18.0 Å². The van der Waals surface area contributed by atoms with E-state index in [4.69, 9.17) is 0 Å². The molecule has 1 aromatic carbocycles. The zero-order valence-electron chi connectivity index (χ0n) is 12.6. The van der Waals surface area contributed by atoms with Crippen LogP contribution >= 0.6 is 0 Å². The van der Waals surface area contributed by atoms with Gasteiger partial charge in [0.1, 0.15) is 5.82 Å². The van der Waals surface area contributed by atoms with E-state index in [1.807, 2.05) is 13.0 Å². The second-order valence-corrected chi connectivity index (χ2v) is 6.61. The van der Waals surface area contributed by atoms with E-state index in [1.165, 1.54) is 0 Å². The van der Waals surface area contributed by atoms with Crippen molar-refractivity contribution < 1.29 is 4.39 Å². The molecule has 0 aromatic heterocycles. The van der Waals surface area contributed by atoms with Crippen LogP contribution in [0.15, 0.2) is 18.2 Å². The lowest BCUT2D eigenvalue weighted by Crippen LogP contribution is -2.63. The first-order valence-corrected chi connectivity index (χ1v) is 7.08. The fraction of sp³-hybridized carbons (Fsp3) is 0.625. The molecule has 2 rings (SSSR count). The molecular formula is C16H25FN2. The van der Waals surface area contributed by atoms with Crippen LogP contribution in [0.3, 0.4) is 0 Å². The molecular weight excluding hydrogens is 239 g/mol. The zero-order valence-corrected chi connectivity index (χ0v) is 12.6. The van der Waals surface area contributed by atoms with Gasteiger partial charge in [0.15, 0.2) is 0 Å². The molecule has 0 radical (unpaired) electrons. The predicted octanol–water partition coefficient (Wildman–Crippen LogP) is 3.35. The number of para-hydroxylation sites is 1. The zero-order chi connectivity index (χ0) is 14.2. The molecule has 0 amide bonds. The molecule has 106 valence electrons. The second kappa shape index (κ2) is 5.12. The van der Waals surface area contributed by atoms with E-state index >= 15 is 0 Å².